The van der Waals surface area contributed by atoms with Crippen LogP contribution in [0.3, 0.4) is 0 Å². The summed E-state index contributed by atoms with van der Waals surface area (Å²) in [6.07, 6.45) is 0. The minimum Gasteiger partial charge on any atom is -0.497 e. The van der Waals surface area contributed by atoms with E-state index in [1.807, 2.05) is 30.3 Å². The molecule has 9 nitrogen and oxygen atoms in total. The van der Waals surface area contributed by atoms with Crippen LogP contribution in [0.25, 0.3) is 0 Å². The van der Waals surface area contributed by atoms with Gasteiger partial charge in [-0.2, -0.15) is 0 Å². The Bertz CT molecular complexity index is 1090. The van der Waals surface area contributed by atoms with Crippen molar-refractivity contribution < 1.29 is 19.1 Å². The Morgan fingerprint density at radius 2 is 1.71 bits per heavy atom. The number of para-hydroxylation sites is 1. The number of benzene rings is 2. The van der Waals surface area contributed by atoms with Crippen LogP contribution in [0.5, 0.6) is 11.5 Å². The Balaban J connectivity index is 1.19. The Hall–Kier alpha value is -3.31. The molecule has 0 atom stereocenters. The number of hydrogen-bond donors (Lipinski definition) is 1. The fourth-order valence-electron chi connectivity index (χ4n) is 3.29. The first kappa shape index (κ1) is 23.8. The van der Waals surface area contributed by atoms with Crippen LogP contribution in [0.15, 0.2) is 58.9 Å². The standard InChI is InChI=1S/C23H25N5O4S2/c1-31-18-7-9-19(10-8-18)32-15-21(30)27-11-13-28(14-12-27)22-25-26-23(34-22)33-16-20(29)24-17-5-3-2-4-6-17/h2-10H,11-16H2,1H3,(H,24,29). The predicted molar refractivity (Wildman–Crippen MR) is 133 cm³/mol. The smallest absolute Gasteiger partial charge is 0.260 e. The lowest BCUT2D eigenvalue weighted by molar-refractivity contribution is -0.133. The first-order chi connectivity index (χ1) is 16.6. The van der Waals surface area contributed by atoms with E-state index in [0.29, 0.717) is 31.9 Å². The Kier molecular flexibility index (Phi) is 8.21. The molecule has 34 heavy (non-hydrogen) atoms. The Morgan fingerprint density at radius 1 is 1.00 bits per heavy atom. The molecule has 0 saturated carbocycles. The number of anilines is 2. The summed E-state index contributed by atoms with van der Waals surface area (Å²) < 4.78 is 11.5. The van der Waals surface area contributed by atoms with Gasteiger partial charge in [0.25, 0.3) is 5.91 Å². The van der Waals surface area contributed by atoms with Gasteiger partial charge in [0.2, 0.25) is 11.0 Å². The third kappa shape index (κ3) is 6.61. The van der Waals surface area contributed by atoms with Gasteiger partial charge in [0.1, 0.15) is 11.5 Å². The van der Waals surface area contributed by atoms with Crippen molar-refractivity contribution in [2.45, 2.75) is 4.34 Å². The van der Waals surface area contributed by atoms with Crippen molar-refractivity contribution in [2.24, 2.45) is 0 Å². The molecule has 3 aromatic rings. The second-order valence-electron chi connectivity index (χ2n) is 7.39. The van der Waals surface area contributed by atoms with E-state index in [1.165, 1.54) is 23.1 Å². The molecule has 1 saturated heterocycles. The molecule has 2 heterocycles. The number of amides is 2. The number of nitrogens with one attached hydrogen (secondary N) is 1. The van der Waals surface area contributed by atoms with E-state index >= 15 is 0 Å². The number of carbonyl (C=O) groups is 2. The third-order valence-corrected chi connectivity index (χ3v) is 7.22. The molecule has 0 bridgehead atoms. The van der Waals surface area contributed by atoms with Crippen molar-refractivity contribution in [2.75, 3.05) is 55.9 Å². The SMILES string of the molecule is COc1ccc(OCC(=O)N2CCN(c3nnc(SCC(=O)Nc4ccccc4)s3)CC2)cc1. The molecule has 4 rings (SSSR count). The second kappa shape index (κ2) is 11.7. The molecule has 1 aromatic heterocycles. The van der Waals surface area contributed by atoms with Crippen LogP contribution in [0.2, 0.25) is 0 Å². The lowest BCUT2D eigenvalue weighted by Crippen LogP contribution is -2.50. The van der Waals surface area contributed by atoms with Gasteiger partial charge in [0.05, 0.1) is 12.9 Å². The topological polar surface area (TPSA) is 96.9 Å². The van der Waals surface area contributed by atoms with Gasteiger partial charge in [-0.05, 0) is 36.4 Å². The average molecular weight is 500 g/mol. The number of methoxy groups -OCH3 is 1. The van der Waals surface area contributed by atoms with Crippen LogP contribution in [0.4, 0.5) is 10.8 Å². The van der Waals surface area contributed by atoms with E-state index in [-0.39, 0.29) is 24.2 Å². The molecule has 1 aliphatic rings. The molecule has 11 heteroatoms. The number of piperazine rings is 1. The molecule has 178 valence electrons. The predicted octanol–water partition coefficient (Wildman–Crippen LogP) is 3.01. The van der Waals surface area contributed by atoms with Crippen LogP contribution in [-0.4, -0.2) is 72.6 Å². The van der Waals surface area contributed by atoms with Gasteiger partial charge in [0, 0.05) is 31.9 Å². The van der Waals surface area contributed by atoms with Gasteiger partial charge in [-0.3, -0.25) is 9.59 Å². The molecule has 0 spiro atoms. The fourth-order valence-corrected chi connectivity index (χ4v) is 4.98. The maximum atomic E-state index is 12.5. The second-order valence-corrected chi connectivity index (χ2v) is 9.56. The van der Waals surface area contributed by atoms with Gasteiger partial charge in [-0.1, -0.05) is 41.3 Å². The van der Waals surface area contributed by atoms with Crippen molar-refractivity contribution in [3.05, 3.63) is 54.6 Å². The first-order valence-corrected chi connectivity index (χ1v) is 12.5. The summed E-state index contributed by atoms with van der Waals surface area (Å²) in [4.78, 5) is 28.5. The molecular formula is C23H25N5O4S2. The zero-order valence-corrected chi connectivity index (χ0v) is 20.3. The highest BCUT2D eigenvalue weighted by atomic mass is 32.2. The monoisotopic (exact) mass is 499 g/mol. The largest absolute Gasteiger partial charge is 0.497 e. The molecule has 2 aromatic carbocycles. The fraction of sp³-hybridized carbons (Fsp3) is 0.304. The third-order valence-electron chi connectivity index (χ3n) is 5.10. The van der Waals surface area contributed by atoms with E-state index < -0.39 is 0 Å². The summed E-state index contributed by atoms with van der Waals surface area (Å²) in [5.74, 6) is 1.50. The highest BCUT2D eigenvalue weighted by Gasteiger charge is 2.24. The normalized spacial score (nSPS) is 13.4. The van der Waals surface area contributed by atoms with Crippen LogP contribution >= 0.6 is 23.1 Å². The van der Waals surface area contributed by atoms with Crippen molar-refractivity contribution >= 4 is 45.7 Å². The highest BCUT2D eigenvalue weighted by Crippen LogP contribution is 2.28. The molecule has 0 aliphatic carbocycles. The minimum atomic E-state index is -0.0862. The number of ether oxygens (including phenoxy) is 2. The molecule has 0 unspecified atom stereocenters. The molecule has 1 N–H and O–H groups in total. The van der Waals surface area contributed by atoms with E-state index in [2.05, 4.69) is 20.4 Å². The van der Waals surface area contributed by atoms with E-state index in [9.17, 15) is 9.59 Å². The number of thioether (sulfide) groups is 1. The summed E-state index contributed by atoms with van der Waals surface area (Å²) >= 11 is 2.82. The molecule has 0 radical (unpaired) electrons. The number of aromatic nitrogens is 2. The van der Waals surface area contributed by atoms with Gasteiger partial charge >= 0.3 is 0 Å². The number of rotatable bonds is 9. The van der Waals surface area contributed by atoms with E-state index in [1.54, 1.807) is 36.3 Å². The molecule has 1 aliphatic heterocycles. The number of carbonyl (C=O) groups excluding carboxylic acids is 2. The summed E-state index contributed by atoms with van der Waals surface area (Å²) in [6, 6.07) is 16.5. The average Bonchev–Trinajstić information content (AvgIpc) is 3.36. The number of nitrogens with zero attached hydrogens (tertiary/aromatic N) is 4. The van der Waals surface area contributed by atoms with E-state index in [0.717, 1.165) is 20.9 Å². The first-order valence-electron chi connectivity index (χ1n) is 10.7. The zero-order valence-electron chi connectivity index (χ0n) is 18.7. The van der Waals surface area contributed by atoms with Crippen LogP contribution in [0.1, 0.15) is 0 Å². The van der Waals surface area contributed by atoms with Crippen LogP contribution < -0.4 is 19.7 Å². The van der Waals surface area contributed by atoms with Crippen molar-refractivity contribution in [3.8, 4) is 11.5 Å². The van der Waals surface area contributed by atoms with Crippen LogP contribution in [-0.2, 0) is 9.59 Å². The summed E-state index contributed by atoms with van der Waals surface area (Å²) in [6.45, 7) is 2.51. The molecular weight excluding hydrogens is 474 g/mol. The summed E-state index contributed by atoms with van der Waals surface area (Å²) in [5, 5.41) is 12.1. The molecule has 2 amide bonds. The van der Waals surface area contributed by atoms with Gasteiger partial charge < -0.3 is 24.6 Å². The summed E-state index contributed by atoms with van der Waals surface area (Å²) in [7, 11) is 1.60. The lowest BCUT2D eigenvalue weighted by atomic mass is 10.3. The quantitative estimate of drug-likeness (QED) is 0.449. The van der Waals surface area contributed by atoms with Gasteiger partial charge in [-0.25, -0.2) is 0 Å². The van der Waals surface area contributed by atoms with Gasteiger partial charge in [0.15, 0.2) is 10.9 Å². The Labute approximate surface area is 206 Å². The van der Waals surface area contributed by atoms with Crippen molar-refractivity contribution in [1.82, 2.24) is 15.1 Å². The lowest BCUT2D eigenvalue weighted by Gasteiger charge is -2.34. The van der Waals surface area contributed by atoms with Crippen molar-refractivity contribution in [3.63, 3.8) is 0 Å². The van der Waals surface area contributed by atoms with Gasteiger partial charge in [-0.15, -0.1) is 10.2 Å². The summed E-state index contributed by atoms with van der Waals surface area (Å²) in [5.41, 5.74) is 0.771. The number of hydrogen-bond acceptors (Lipinski definition) is 9. The molecule has 1 fully saturated rings. The minimum absolute atomic E-state index is 0.00301. The Morgan fingerprint density at radius 3 is 2.41 bits per heavy atom. The van der Waals surface area contributed by atoms with Crippen LogP contribution in [0, 0.1) is 0 Å². The van der Waals surface area contributed by atoms with Crippen molar-refractivity contribution in [1.29, 1.82) is 0 Å². The maximum absolute atomic E-state index is 12.5. The van der Waals surface area contributed by atoms with E-state index in [4.69, 9.17) is 9.47 Å². The highest BCUT2D eigenvalue weighted by molar-refractivity contribution is 8.01. The zero-order chi connectivity index (χ0) is 23.8. The maximum Gasteiger partial charge on any atom is 0.260 e.